The minimum absolute atomic E-state index is 0.0443. The number of aromatic nitrogens is 1. The minimum Gasteiger partial charge on any atom is -0.349 e. The summed E-state index contributed by atoms with van der Waals surface area (Å²) in [4.78, 5) is 17.1. The molecule has 0 saturated heterocycles. The molecular weight excluding hydrogens is 328 g/mol. The zero-order valence-electron chi connectivity index (χ0n) is 14.2. The van der Waals surface area contributed by atoms with Crippen LogP contribution in [0.3, 0.4) is 0 Å². The number of benzene rings is 2. The van der Waals surface area contributed by atoms with Gasteiger partial charge in [-0.1, -0.05) is 48.0 Å². The average molecular weight is 348 g/mol. The molecule has 0 fully saturated rings. The van der Waals surface area contributed by atoms with Crippen LogP contribution in [-0.2, 0) is 17.6 Å². The third-order valence-electron chi connectivity index (χ3n) is 4.63. The molecular formula is C21H20N2OS. The zero-order valence-corrected chi connectivity index (χ0v) is 15.0. The fourth-order valence-corrected chi connectivity index (χ4v) is 4.23. The van der Waals surface area contributed by atoms with Gasteiger partial charge in [0.25, 0.3) is 0 Å². The first-order chi connectivity index (χ1) is 12.2. The van der Waals surface area contributed by atoms with Crippen molar-refractivity contribution in [2.45, 2.75) is 32.2 Å². The Morgan fingerprint density at radius 3 is 3.00 bits per heavy atom. The second-order valence-electron chi connectivity index (χ2n) is 6.55. The van der Waals surface area contributed by atoms with Crippen molar-refractivity contribution in [3.8, 4) is 10.6 Å². The van der Waals surface area contributed by atoms with Gasteiger partial charge in [-0.05, 0) is 37.0 Å². The number of carbonyl (C=O) groups is 1. The molecule has 3 aromatic rings. The van der Waals surface area contributed by atoms with E-state index in [0.29, 0.717) is 6.42 Å². The van der Waals surface area contributed by atoms with Crippen LogP contribution in [0.1, 0.15) is 34.8 Å². The molecule has 2 aromatic carbocycles. The lowest BCUT2D eigenvalue weighted by atomic mass is 10.1. The molecule has 0 aliphatic heterocycles. The number of aryl methyl sites for hydroxylation is 2. The van der Waals surface area contributed by atoms with Gasteiger partial charge < -0.3 is 5.32 Å². The molecule has 1 aromatic heterocycles. The van der Waals surface area contributed by atoms with E-state index < -0.39 is 0 Å². The van der Waals surface area contributed by atoms with Crippen LogP contribution in [0.15, 0.2) is 53.9 Å². The van der Waals surface area contributed by atoms with Crippen LogP contribution in [-0.4, -0.2) is 10.9 Å². The molecule has 1 heterocycles. The average Bonchev–Trinajstić information content (AvgIpc) is 3.23. The lowest BCUT2D eigenvalue weighted by Crippen LogP contribution is -2.28. The largest absolute Gasteiger partial charge is 0.349 e. The Bertz CT molecular complexity index is 916. The van der Waals surface area contributed by atoms with Gasteiger partial charge in [0.1, 0.15) is 5.01 Å². The van der Waals surface area contributed by atoms with E-state index in [1.54, 1.807) is 11.3 Å². The monoisotopic (exact) mass is 348 g/mol. The van der Waals surface area contributed by atoms with Crippen molar-refractivity contribution in [2.75, 3.05) is 0 Å². The second-order valence-corrected chi connectivity index (χ2v) is 7.41. The maximum atomic E-state index is 12.4. The van der Waals surface area contributed by atoms with Gasteiger partial charge in [0, 0.05) is 10.9 Å². The van der Waals surface area contributed by atoms with E-state index in [0.717, 1.165) is 29.1 Å². The molecule has 1 aliphatic rings. The Morgan fingerprint density at radius 2 is 2.12 bits per heavy atom. The zero-order chi connectivity index (χ0) is 17.2. The van der Waals surface area contributed by atoms with Crippen LogP contribution in [0.2, 0.25) is 0 Å². The summed E-state index contributed by atoms with van der Waals surface area (Å²) in [6.45, 7) is 2.07. The van der Waals surface area contributed by atoms with E-state index in [9.17, 15) is 4.79 Å². The highest BCUT2D eigenvalue weighted by atomic mass is 32.1. The van der Waals surface area contributed by atoms with Gasteiger partial charge in [0.2, 0.25) is 5.91 Å². The van der Waals surface area contributed by atoms with Gasteiger partial charge in [0.15, 0.2) is 0 Å². The third kappa shape index (κ3) is 3.49. The van der Waals surface area contributed by atoms with E-state index in [1.807, 2.05) is 17.5 Å². The van der Waals surface area contributed by atoms with Crippen LogP contribution in [0.4, 0.5) is 0 Å². The molecule has 0 spiro atoms. The Labute approximate surface area is 151 Å². The standard InChI is InChI=1S/C21H20N2OS/c1-14-5-4-7-16(11-14)21-22-17(13-25-21)12-20(24)23-19-10-9-15-6-2-3-8-18(15)19/h2-8,11,13,19H,9-10,12H2,1H3,(H,23,24). The van der Waals surface area contributed by atoms with Gasteiger partial charge in [-0.15, -0.1) is 11.3 Å². The van der Waals surface area contributed by atoms with Crippen molar-refractivity contribution in [3.05, 3.63) is 76.3 Å². The summed E-state index contributed by atoms with van der Waals surface area (Å²) in [7, 11) is 0. The maximum Gasteiger partial charge on any atom is 0.226 e. The highest BCUT2D eigenvalue weighted by Crippen LogP contribution is 2.31. The molecule has 1 atom stereocenters. The lowest BCUT2D eigenvalue weighted by Gasteiger charge is -2.13. The number of nitrogens with zero attached hydrogens (tertiary/aromatic N) is 1. The van der Waals surface area contributed by atoms with Crippen molar-refractivity contribution in [2.24, 2.45) is 0 Å². The molecule has 0 saturated carbocycles. The summed E-state index contributed by atoms with van der Waals surface area (Å²) in [5.74, 6) is 0.0443. The fourth-order valence-electron chi connectivity index (χ4n) is 3.42. The number of amides is 1. The Balaban J connectivity index is 1.42. The minimum atomic E-state index is 0.0443. The predicted molar refractivity (Wildman–Crippen MR) is 102 cm³/mol. The molecule has 0 bridgehead atoms. The summed E-state index contributed by atoms with van der Waals surface area (Å²) < 4.78 is 0. The van der Waals surface area contributed by atoms with Crippen LogP contribution in [0.25, 0.3) is 10.6 Å². The number of hydrogen-bond acceptors (Lipinski definition) is 3. The quantitative estimate of drug-likeness (QED) is 0.756. The normalized spacial score (nSPS) is 15.8. The van der Waals surface area contributed by atoms with E-state index in [-0.39, 0.29) is 11.9 Å². The molecule has 3 nitrogen and oxygen atoms in total. The van der Waals surface area contributed by atoms with Crippen molar-refractivity contribution in [3.63, 3.8) is 0 Å². The fraction of sp³-hybridized carbons (Fsp3) is 0.238. The number of rotatable bonds is 4. The summed E-state index contributed by atoms with van der Waals surface area (Å²) >= 11 is 1.59. The SMILES string of the molecule is Cc1cccc(-c2nc(CC(=O)NC3CCc4ccccc43)cs2)c1. The summed E-state index contributed by atoms with van der Waals surface area (Å²) in [6, 6.07) is 16.8. The highest BCUT2D eigenvalue weighted by molar-refractivity contribution is 7.13. The third-order valence-corrected chi connectivity index (χ3v) is 5.57. The molecule has 0 radical (unpaired) electrons. The van der Waals surface area contributed by atoms with E-state index in [1.165, 1.54) is 16.7 Å². The lowest BCUT2D eigenvalue weighted by molar-refractivity contribution is -0.121. The van der Waals surface area contributed by atoms with Crippen molar-refractivity contribution in [1.29, 1.82) is 0 Å². The molecule has 1 N–H and O–H groups in total. The van der Waals surface area contributed by atoms with Crippen molar-refractivity contribution >= 4 is 17.2 Å². The Morgan fingerprint density at radius 1 is 1.24 bits per heavy atom. The number of carbonyl (C=O) groups excluding carboxylic acids is 1. The van der Waals surface area contributed by atoms with Crippen LogP contribution >= 0.6 is 11.3 Å². The summed E-state index contributed by atoms with van der Waals surface area (Å²) in [6.07, 6.45) is 2.35. The number of thiazole rings is 1. The first-order valence-electron chi connectivity index (χ1n) is 8.57. The van der Waals surface area contributed by atoms with Crippen molar-refractivity contribution in [1.82, 2.24) is 10.3 Å². The molecule has 4 heteroatoms. The van der Waals surface area contributed by atoms with Crippen LogP contribution in [0, 0.1) is 6.92 Å². The van der Waals surface area contributed by atoms with Gasteiger partial charge >= 0.3 is 0 Å². The highest BCUT2D eigenvalue weighted by Gasteiger charge is 2.23. The first-order valence-corrected chi connectivity index (χ1v) is 9.45. The molecule has 1 amide bonds. The van der Waals surface area contributed by atoms with Crippen LogP contribution < -0.4 is 5.32 Å². The van der Waals surface area contributed by atoms with E-state index >= 15 is 0 Å². The van der Waals surface area contributed by atoms with E-state index in [2.05, 4.69) is 53.6 Å². The molecule has 126 valence electrons. The van der Waals surface area contributed by atoms with Gasteiger partial charge in [-0.2, -0.15) is 0 Å². The molecule has 1 aliphatic carbocycles. The van der Waals surface area contributed by atoms with E-state index in [4.69, 9.17) is 0 Å². The Hall–Kier alpha value is -2.46. The number of fused-ring (bicyclic) bond motifs is 1. The first kappa shape index (κ1) is 16.0. The predicted octanol–water partition coefficient (Wildman–Crippen LogP) is 4.46. The smallest absolute Gasteiger partial charge is 0.226 e. The summed E-state index contributed by atoms with van der Waals surface area (Å²) in [5, 5.41) is 6.12. The van der Waals surface area contributed by atoms with Crippen LogP contribution in [0.5, 0.6) is 0 Å². The summed E-state index contributed by atoms with van der Waals surface area (Å²) in [5.41, 5.74) is 5.77. The maximum absolute atomic E-state index is 12.4. The van der Waals surface area contributed by atoms with Gasteiger partial charge in [-0.3, -0.25) is 4.79 Å². The second kappa shape index (κ2) is 6.81. The van der Waals surface area contributed by atoms with Gasteiger partial charge in [0.05, 0.1) is 18.2 Å². The number of nitrogens with one attached hydrogen (secondary N) is 1. The number of hydrogen-bond donors (Lipinski definition) is 1. The molecule has 4 rings (SSSR count). The molecule has 25 heavy (non-hydrogen) atoms. The van der Waals surface area contributed by atoms with Gasteiger partial charge in [-0.25, -0.2) is 4.98 Å². The Kier molecular flexibility index (Phi) is 4.36. The van der Waals surface area contributed by atoms with Crippen molar-refractivity contribution < 1.29 is 4.79 Å². The topological polar surface area (TPSA) is 42.0 Å². The molecule has 1 unspecified atom stereocenters.